The number of esters is 1. The molecule has 0 saturated carbocycles. The predicted molar refractivity (Wildman–Crippen MR) is 85.9 cm³/mol. The van der Waals surface area contributed by atoms with Crippen LogP contribution < -0.4 is 5.32 Å². The number of ether oxygens (including phenoxy) is 1. The molecule has 0 heterocycles. The topological polar surface area (TPSA) is 38.3 Å². The summed E-state index contributed by atoms with van der Waals surface area (Å²) in [6.45, 7) is 6.18. The van der Waals surface area contributed by atoms with Crippen molar-refractivity contribution in [2.75, 3.05) is 12.4 Å². The summed E-state index contributed by atoms with van der Waals surface area (Å²) in [7, 11) is 0. The Balaban J connectivity index is 2.65. The molecule has 0 aromatic heterocycles. The predicted octanol–water partition coefficient (Wildman–Crippen LogP) is 4.02. The first kappa shape index (κ1) is 17.6. The van der Waals surface area contributed by atoms with Gasteiger partial charge in [-0.3, -0.25) is 4.79 Å². The van der Waals surface area contributed by atoms with Gasteiger partial charge in [0.05, 0.1) is 16.7 Å². The van der Waals surface area contributed by atoms with Gasteiger partial charge in [0.1, 0.15) is 6.04 Å². The fourth-order valence-electron chi connectivity index (χ4n) is 1.58. The van der Waals surface area contributed by atoms with Gasteiger partial charge in [0.25, 0.3) is 0 Å². The van der Waals surface area contributed by atoms with Crippen molar-refractivity contribution in [1.29, 1.82) is 0 Å². The van der Waals surface area contributed by atoms with Crippen LogP contribution in [-0.2, 0) is 9.53 Å². The molecule has 3 nitrogen and oxygen atoms in total. The number of halogens is 2. The van der Waals surface area contributed by atoms with Crippen molar-refractivity contribution in [3.63, 3.8) is 0 Å². The molecule has 1 atom stereocenters. The summed E-state index contributed by atoms with van der Waals surface area (Å²) in [4.78, 5) is 12.8. The zero-order valence-electron chi connectivity index (χ0n) is 11.8. The molecule has 1 aromatic rings. The zero-order chi connectivity index (χ0) is 15.1. The van der Waals surface area contributed by atoms with E-state index in [1.807, 2.05) is 19.9 Å². The standard InChI is InChI=1S/C14H19Cl2NO2S/c1-4-19-14(18)13(17-9(2)3)8-20-10-5-6-11(15)12(16)7-10/h5-7,9,13,17H,4,8H2,1-3H3. The van der Waals surface area contributed by atoms with Gasteiger partial charge in [0, 0.05) is 16.7 Å². The molecule has 0 aliphatic heterocycles. The van der Waals surface area contributed by atoms with Crippen molar-refractivity contribution in [2.45, 2.75) is 37.8 Å². The summed E-state index contributed by atoms with van der Waals surface area (Å²) < 4.78 is 5.07. The monoisotopic (exact) mass is 335 g/mol. The summed E-state index contributed by atoms with van der Waals surface area (Å²) in [6, 6.07) is 5.30. The highest BCUT2D eigenvalue weighted by atomic mass is 35.5. The van der Waals surface area contributed by atoms with Crippen LogP contribution in [-0.4, -0.2) is 30.4 Å². The molecule has 0 aliphatic carbocycles. The van der Waals surface area contributed by atoms with Crippen LogP contribution in [0.5, 0.6) is 0 Å². The Morgan fingerprint density at radius 3 is 2.60 bits per heavy atom. The Kier molecular flexibility index (Phi) is 7.74. The number of hydrogen-bond acceptors (Lipinski definition) is 4. The summed E-state index contributed by atoms with van der Waals surface area (Å²) >= 11 is 13.4. The summed E-state index contributed by atoms with van der Waals surface area (Å²) in [5.74, 6) is 0.350. The zero-order valence-corrected chi connectivity index (χ0v) is 14.1. The van der Waals surface area contributed by atoms with Gasteiger partial charge in [0.15, 0.2) is 0 Å². The minimum Gasteiger partial charge on any atom is -0.465 e. The molecule has 0 radical (unpaired) electrons. The van der Waals surface area contributed by atoms with E-state index in [2.05, 4.69) is 5.32 Å². The van der Waals surface area contributed by atoms with Gasteiger partial charge >= 0.3 is 5.97 Å². The van der Waals surface area contributed by atoms with E-state index in [0.29, 0.717) is 22.4 Å². The fraction of sp³-hybridized carbons (Fsp3) is 0.500. The Hall–Kier alpha value is -0.420. The van der Waals surface area contributed by atoms with E-state index in [1.165, 1.54) is 0 Å². The van der Waals surface area contributed by atoms with E-state index < -0.39 is 0 Å². The number of nitrogens with one attached hydrogen (secondary N) is 1. The molecule has 0 saturated heterocycles. The Morgan fingerprint density at radius 1 is 1.35 bits per heavy atom. The SMILES string of the molecule is CCOC(=O)C(CSc1ccc(Cl)c(Cl)c1)NC(C)C. The van der Waals surface area contributed by atoms with E-state index >= 15 is 0 Å². The van der Waals surface area contributed by atoms with Crippen LogP contribution in [0.1, 0.15) is 20.8 Å². The third-order valence-electron chi connectivity index (χ3n) is 2.41. The third kappa shape index (κ3) is 5.92. The second-order valence-corrected chi connectivity index (χ2v) is 6.42. The van der Waals surface area contributed by atoms with E-state index in [-0.39, 0.29) is 18.1 Å². The van der Waals surface area contributed by atoms with Crippen LogP contribution in [0.25, 0.3) is 0 Å². The van der Waals surface area contributed by atoms with Crippen LogP contribution in [0.4, 0.5) is 0 Å². The molecule has 1 unspecified atom stereocenters. The van der Waals surface area contributed by atoms with Crippen LogP contribution in [0, 0.1) is 0 Å². The molecule has 0 spiro atoms. The fourth-order valence-corrected chi connectivity index (χ4v) is 2.90. The molecule has 0 amide bonds. The number of benzene rings is 1. The van der Waals surface area contributed by atoms with Gasteiger partial charge in [-0.1, -0.05) is 37.0 Å². The Morgan fingerprint density at radius 2 is 2.05 bits per heavy atom. The molecule has 0 fully saturated rings. The van der Waals surface area contributed by atoms with Gasteiger partial charge < -0.3 is 10.1 Å². The van der Waals surface area contributed by atoms with Crippen LogP contribution in [0.15, 0.2) is 23.1 Å². The van der Waals surface area contributed by atoms with Crippen LogP contribution in [0.3, 0.4) is 0 Å². The van der Waals surface area contributed by atoms with Gasteiger partial charge in [-0.15, -0.1) is 11.8 Å². The summed E-state index contributed by atoms with van der Waals surface area (Å²) in [5, 5.41) is 4.25. The number of thioether (sulfide) groups is 1. The maximum absolute atomic E-state index is 11.9. The van der Waals surface area contributed by atoms with E-state index in [9.17, 15) is 4.79 Å². The lowest BCUT2D eigenvalue weighted by molar-refractivity contribution is -0.145. The maximum Gasteiger partial charge on any atom is 0.324 e. The average molecular weight is 336 g/mol. The molecule has 1 N–H and O–H groups in total. The number of carbonyl (C=O) groups is 1. The molecule has 20 heavy (non-hydrogen) atoms. The molecular formula is C14H19Cl2NO2S. The van der Waals surface area contributed by atoms with Crippen LogP contribution in [0.2, 0.25) is 10.0 Å². The first-order valence-electron chi connectivity index (χ1n) is 6.44. The van der Waals surface area contributed by atoms with E-state index in [4.69, 9.17) is 27.9 Å². The highest BCUT2D eigenvalue weighted by molar-refractivity contribution is 7.99. The van der Waals surface area contributed by atoms with Crippen molar-refractivity contribution in [1.82, 2.24) is 5.32 Å². The molecule has 6 heteroatoms. The average Bonchev–Trinajstić information content (AvgIpc) is 2.38. The summed E-state index contributed by atoms with van der Waals surface area (Å²) in [5.41, 5.74) is 0. The lowest BCUT2D eigenvalue weighted by Crippen LogP contribution is -2.43. The van der Waals surface area contributed by atoms with Crippen molar-refractivity contribution >= 4 is 40.9 Å². The third-order valence-corrected chi connectivity index (χ3v) is 4.24. The van der Waals surface area contributed by atoms with Gasteiger partial charge in [-0.25, -0.2) is 0 Å². The molecule has 0 aliphatic rings. The van der Waals surface area contributed by atoms with Crippen molar-refractivity contribution in [3.8, 4) is 0 Å². The van der Waals surface area contributed by atoms with E-state index in [0.717, 1.165) is 4.90 Å². The molecule has 0 bridgehead atoms. The normalized spacial score (nSPS) is 12.5. The van der Waals surface area contributed by atoms with E-state index in [1.54, 1.807) is 30.8 Å². The molecular weight excluding hydrogens is 317 g/mol. The lowest BCUT2D eigenvalue weighted by Gasteiger charge is -2.19. The first-order valence-corrected chi connectivity index (χ1v) is 8.18. The van der Waals surface area contributed by atoms with Gasteiger partial charge in [-0.05, 0) is 25.1 Å². The summed E-state index contributed by atoms with van der Waals surface area (Å²) in [6.07, 6.45) is 0. The largest absolute Gasteiger partial charge is 0.465 e. The maximum atomic E-state index is 11.9. The minimum absolute atomic E-state index is 0.207. The minimum atomic E-state index is -0.339. The molecule has 1 rings (SSSR count). The first-order chi connectivity index (χ1) is 9.43. The van der Waals surface area contributed by atoms with Crippen molar-refractivity contribution in [3.05, 3.63) is 28.2 Å². The second-order valence-electron chi connectivity index (χ2n) is 4.51. The number of rotatable bonds is 7. The van der Waals surface area contributed by atoms with Gasteiger partial charge in [0.2, 0.25) is 0 Å². The smallest absolute Gasteiger partial charge is 0.324 e. The number of hydrogen-bond donors (Lipinski definition) is 1. The quantitative estimate of drug-likeness (QED) is 0.603. The molecule has 112 valence electrons. The van der Waals surface area contributed by atoms with Crippen molar-refractivity contribution < 1.29 is 9.53 Å². The molecule has 1 aromatic carbocycles. The highest BCUT2D eigenvalue weighted by Gasteiger charge is 2.20. The van der Waals surface area contributed by atoms with Gasteiger partial charge in [-0.2, -0.15) is 0 Å². The van der Waals surface area contributed by atoms with Crippen LogP contribution >= 0.6 is 35.0 Å². The Bertz CT molecular complexity index is 455. The number of carbonyl (C=O) groups excluding carboxylic acids is 1. The Labute approximate surface area is 134 Å². The van der Waals surface area contributed by atoms with Crippen molar-refractivity contribution in [2.24, 2.45) is 0 Å². The second kappa shape index (κ2) is 8.78. The lowest BCUT2D eigenvalue weighted by atomic mass is 10.3. The highest BCUT2D eigenvalue weighted by Crippen LogP contribution is 2.28.